The number of nitrogens with two attached hydrogens (primary N) is 1. The number of carbonyl (C=O) groups excluding carboxylic acids is 1. The van der Waals surface area contributed by atoms with E-state index >= 15 is 0 Å². The van der Waals surface area contributed by atoms with Gasteiger partial charge in [0.2, 0.25) is 0 Å². The molecule has 0 heterocycles. The van der Waals surface area contributed by atoms with Gasteiger partial charge in [-0.05, 0) is 49.2 Å². The molecule has 4 nitrogen and oxygen atoms in total. The minimum Gasteiger partial charge on any atom is -0.507 e. The Morgan fingerprint density at radius 3 is 2.68 bits per heavy atom. The predicted molar refractivity (Wildman–Crippen MR) is 98.7 cm³/mol. The first-order chi connectivity index (χ1) is 11.3. The van der Waals surface area contributed by atoms with Crippen molar-refractivity contribution < 1.29 is 19.0 Å². The lowest BCUT2D eigenvalue weighted by Gasteiger charge is -2.16. The van der Waals surface area contributed by atoms with E-state index in [1.54, 1.807) is 32.0 Å². The molecule has 0 aromatic heterocycles. The smallest absolute Gasteiger partial charge is 0.307 e. The van der Waals surface area contributed by atoms with Crippen LogP contribution in [0, 0.1) is 12.7 Å². The molecule has 0 radical (unpaired) electrons. The van der Waals surface area contributed by atoms with Crippen LogP contribution < -0.4 is 5.73 Å². The molecule has 0 unspecified atom stereocenters. The molecule has 3 N–H and O–H groups in total. The molecule has 0 saturated heterocycles. The summed E-state index contributed by atoms with van der Waals surface area (Å²) >= 11 is 6.15. The maximum absolute atomic E-state index is 14.5. The zero-order valence-electron chi connectivity index (χ0n) is 13.9. The third-order valence-electron chi connectivity index (χ3n) is 3.65. The van der Waals surface area contributed by atoms with Crippen LogP contribution >= 0.6 is 24.0 Å². The number of benzene rings is 2. The van der Waals surface area contributed by atoms with E-state index in [4.69, 9.17) is 22.1 Å². The second kappa shape index (κ2) is 9.04. The second-order valence-electron chi connectivity index (χ2n) is 5.45. The number of hydrogen-bond donors (Lipinski definition) is 2. The first kappa shape index (κ1) is 21.2. The van der Waals surface area contributed by atoms with Crippen LogP contribution in [-0.4, -0.2) is 17.7 Å². The molecule has 1 atom stereocenters. The topological polar surface area (TPSA) is 72.5 Å². The third kappa shape index (κ3) is 4.84. The maximum Gasteiger partial charge on any atom is 0.307 e. The van der Waals surface area contributed by atoms with Gasteiger partial charge in [0.15, 0.2) is 0 Å². The van der Waals surface area contributed by atoms with Crippen LogP contribution in [0.3, 0.4) is 0 Å². The molecule has 136 valence electrons. The van der Waals surface area contributed by atoms with E-state index in [9.17, 15) is 14.3 Å². The first-order valence-electron chi connectivity index (χ1n) is 7.54. The number of rotatable bonds is 5. The molecule has 25 heavy (non-hydrogen) atoms. The molecule has 0 saturated carbocycles. The van der Waals surface area contributed by atoms with Gasteiger partial charge < -0.3 is 15.6 Å². The van der Waals surface area contributed by atoms with E-state index in [0.29, 0.717) is 21.7 Å². The number of ether oxygens (including phenoxy) is 1. The number of phenols is 1. The largest absolute Gasteiger partial charge is 0.507 e. The summed E-state index contributed by atoms with van der Waals surface area (Å²) in [5.74, 6) is -0.992. The molecule has 2 aromatic carbocycles. The fourth-order valence-electron chi connectivity index (χ4n) is 2.52. The molecule has 0 fully saturated rings. The Hall–Kier alpha value is -1.82. The Morgan fingerprint density at radius 1 is 1.40 bits per heavy atom. The molecule has 0 aliphatic carbocycles. The van der Waals surface area contributed by atoms with Crippen molar-refractivity contribution >= 4 is 30.0 Å². The molecule has 0 aliphatic rings. The highest BCUT2D eigenvalue weighted by Crippen LogP contribution is 2.38. The number of aromatic hydroxyl groups is 1. The van der Waals surface area contributed by atoms with Crippen molar-refractivity contribution in [3.8, 4) is 16.9 Å². The van der Waals surface area contributed by atoms with E-state index in [1.165, 1.54) is 12.1 Å². The van der Waals surface area contributed by atoms with E-state index in [0.717, 1.165) is 0 Å². The second-order valence-corrected chi connectivity index (χ2v) is 5.85. The van der Waals surface area contributed by atoms with Gasteiger partial charge in [-0.15, -0.1) is 12.4 Å². The summed E-state index contributed by atoms with van der Waals surface area (Å²) in [7, 11) is 0. The van der Waals surface area contributed by atoms with E-state index in [-0.39, 0.29) is 36.7 Å². The first-order valence-corrected chi connectivity index (χ1v) is 7.92. The van der Waals surface area contributed by atoms with Gasteiger partial charge in [-0.3, -0.25) is 4.79 Å². The highest BCUT2D eigenvalue weighted by atomic mass is 35.5. The summed E-state index contributed by atoms with van der Waals surface area (Å²) < 4.78 is 19.3. The fraction of sp³-hybridized carbons (Fsp3) is 0.278. The van der Waals surface area contributed by atoms with Crippen molar-refractivity contribution in [3.05, 3.63) is 52.3 Å². The van der Waals surface area contributed by atoms with E-state index in [2.05, 4.69) is 0 Å². The lowest BCUT2D eigenvalue weighted by molar-refractivity contribution is -0.143. The summed E-state index contributed by atoms with van der Waals surface area (Å²) in [5.41, 5.74) is 7.44. The number of hydrogen-bond acceptors (Lipinski definition) is 4. The van der Waals surface area contributed by atoms with Gasteiger partial charge in [0.05, 0.1) is 18.1 Å². The van der Waals surface area contributed by atoms with E-state index in [1.807, 2.05) is 0 Å². The predicted octanol–water partition coefficient (Wildman–Crippen LogP) is 4.53. The van der Waals surface area contributed by atoms with Crippen LogP contribution in [-0.2, 0) is 9.53 Å². The van der Waals surface area contributed by atoms with Crippen LogP contribution in [0.1, 0.15) is 30.5 Å². The van der Waals surface area contributed by atoms with Crippen LogP contribution in [0.15, 0.2) is 30.3 Å². The van der Waals surface area contributed by atoms with Crippen LogP contribution in [0.5, 0.6) is 5.75 Å². The molecular weight excluding hydrogens is 368 g/mol. The molecule has 2 aromatic rings. The van der Waals surface area contributed by atoms with Gasteiger partial charge in [0.25, 0.3) is 0 Å². The number of phenolic OH excluding ortho intramolecular Hbond substituents is 1. The van der Waals surface area contributed by atoms with Gasteiger partial charge >= 0.3 is 5.97 Å². The average molecular weight is 388 g/mol. The Balaban J connectivity index is 0.00000312. The fourth-order valence-corrected chi connectivity index (χ4v) is 2.80. The SMILES string of the molecule is CCOC(=O)C[C@H](N)c1cc(-c2c(O)cccc2Cl)cc(C)c1F.Cl. The minimum absolute atomic E-state index is 0. The highest BCUT2D eigenvalue weighted by molar-refractivity contribution is 6.33. The summed E-state index contributed by atoms with van der Waals surface area (Å²) in [6.45, 7) is 3.52. The molecule has 2 rings (SSSR count). The van der Waals surface area contributed by atoms with Gasteiger partial charge in [0.1, 0.15) is 11.6 Å². The van der Waals surface area contributed by atoms with Crippen molar-refractivity contribution in [1.82, 2.24) is 0 Å². The summed E-state index contributed by atoms with van der Waals surface area (Å²) in [4.78, 5) is 11.6. The molecule has 0 amide bonds. The van der Waals surface area contributed by atoms with Gasteiger partial charge in [0, 0.05) is 17.2 Å². The summed E-state index contributed by atoms with van der Waals surface area (Å²) in [6, 6.07) is 6.98. The Bertz CT molecular complexity index is 748. The minimum atomic E-state index is -0.854. The Kier molecular flexibility index (Phi) is 7.67. The maximum atomic E-state index is 14.5. The molecule has 0 aliphatic heterocycles. The third-order valence-corrected chi connectivity index (χ3v) is 3.97. The number of esters is 1. The Labute approximate surface area is 157 Å². The number of halogens is 3. The van der Waals surface area contributed by atoms with Gasteiger partial charge in [-0.1, -0.05) is 17.7 Å². The molecular formula is C18H20Cl2FNO3. The zero-order chi connectivity index (χ0) is 17.9. The average Bonchev–Trinajstić information content (AvgIpc) is 2.50. The van der Waals surface area contributed by atoms with Crippen molar-refractivity contribution in [2.45, 2.75) is 26.3 Å². The van der Waals surface area contributed by atoms with Gasteiger partial charge in [-0.25, -0.2) is 4.39 Å². The quantitative estimate of drug-likeness (QED) is 0.738. The van der Waals surface area contributed by atoms with Crippen LogP contribution in [0.25, 0.3) is 11.1 Å². The molecule has 0 bridgehead atoms. The van der Waals surface area contributed by atoms with Crippen LogP contribution in [0.4, 0.5) is 4.39 Å². The summed E-state index contributed by atoms with van der Waals surface area (Å²) in [6.07, 6.45) is -0.137. The number of aryl methyl sites for hydroxylation is 1. The lowest BCUT2D eigenvalue weighted by atomic mass is 9.94. The molecule has 7 heteroatoms. The normalized spacial score (nSPS) is 11.6. The van der Waals surface area contributed by atoms with Crippen molar-refractivity contribution in [2.24, 2.45) is 5.73 Å². The van der Waals surface area contributed by atoms with Crippen LogP contribution in [0.2, 0.25) is 5.02 Å². The standard InChI is InChI=1S/C18H19ClFNO3.ClH/c1-3-24-16(23)9-14(21)12-8-11(7-10(2)18(12)20)17-13(19)5-4-6-15(17)22;/h4-8,14,22H,3,9,21H2,1-2H3;1H/t14-;/m0./s1. The van der Waals surface area contributed by atoms with Crippen molar-refractivity contribution in [2.75, 3.05) is 6.61 Å². The number of carbonyl (C=O) groups is 1. The lowest BCUT2D eigenvalue weighted by Crippen LogP contribution is -2.19. The van der Waals surface area contributed by atoms with Crippen molar-refractivity contribution in [3.63, 3.8) is 0 Å². The highest BCUT2D eigenvalue weighted by Gasteiger charge is 2.20. The zero-order valence-corrected chi connectivity index (χ0v) is 15.5. The van der Waals surface area contributed by atoms with Crippen molar-refractivity contribution in [1.29, 1.82) is 0 Å². The molecule has 0 spiro atoms. The monoisotopic (exact) mass is 387 g/mol. The Morgan fingerprint density at radius 2 is 2.08 bits per heavy atom. The van der Waals surface area contributed by atoms with Gasteiger partial charge in [-0.2, -0.15) is 0 Å². The summed E-state index contributed by atoms with van der Waals surface area (Å²) in [5, 5.41) is 10.4. The van der Waals surface area contributed by atoms with E-state index < -0.39 is 17.8 Å².